The van der Waals surface area contributed by atoms with Gasteiger partial charge < -0.3 is 10.4 Å². The van der Waals surface area contributed by atoms with Crippen LogP contribution in [-0.2, 0) is 0 Å². The maximum absolute atomic E-state index is 10.5. The number of carboxylic acid groups (broad SMARTS) is 1. The van der Waals surface area contributed by atoms with Crippen LogP contribution in [0.5, 0.6) is 0 Å². The fourth-order valence-electron chi connectivity index (χ4n) is 0.948. The minimum Gasteiger partial charge on any atom is -0.476 e. The first-order valence-electron chi connectivity index (χ1n) is 4.48. The average Bonchev–Trinajstić information content (AvgIpc) is 2.25. The lowest BCUT2D eigenvalue weighted by atomic mass is 10.3. The number of terminal acetylenes is 1. The van der Waals surface area contributed by atoms with Crippen molar-refractivity contribution in [2.24, 2.45) is 0 Å². The van der Waals surface area contributed by atoms with Crippen molar-refractivity contribution >= 4 is 11.8 Å². The van der Waals surface area contributed by atoms with Crippen LogP contribution < -0.4 is 5.32 Å². The molecular weight excluding hydrogens is 194 g/mol. The molecule has 0 spiro atoms. The third-order valence-electron chi connectivity index (χ3n) is 1.69. The molecule has 5 nitrogen and oxygen atoms in total. The third-order valence-corrected chi connectivity index (χ3v) is 1.69. The van der Waals surface area contributed by atoms with Crippen molar-refractivity contribution < 1.29 is 9.90 Å². The lowest BCUT2D eigenvalue weighted by Gasteiger charge is -2.02. The van der Waals surface area contributed by atoms with E-state index in [0.29, 0.717) is 18.8 Å². The molecule has 0 atom stereocenters. The number of carboxylic acids is 1. The first kappa shape index (κ1) is 11.0. The van der Waals surface area contributed by atoms with Gasteiger partial charge in [0, 0.05) is 13.0 Å². The van der Waals surface area contributed by atoms with E-state index < -0.39 is 5.97 Å². The summed E-state index contributed by atoms with van der Waals surface area (Å²) in [7, 11) is 0. The molecule has 1 aromatic heterocycles. The fraction of sp³-hybridized carbons (Fsp3) is 0.300. The summed E-state index contributed by atoms with van der Waals surface area (Å²) >= 11 is 0. The zero-order valence-electron chi connectivity index (χ0n) is 8.10. The molecule has 0 unspecified atom stereocenters. The van der Waals surface area contributed by atoms with Gasteiger partial charge in [-0.3, -0.25) is 0 Å². The number of aromatic nitrogens is 2. The molecule has 0 aliphatic rings. The van der Waals surface area contributed by atoms with Crippen LogP contribution >= 0.6 is 0 Å². The monoisotopic (exact) mass is 205 g/mol. The summed E-state index contributed by atoms with van der Waals surface area (Å²) in [5.41, 5.74) is -0.0656. The van der Waals surface area contributed by atoms with Gasteiger partial charge in [-0.15, -0.1) is 22.5 Å². The van der Waals surface area contributed by atoms with Crippen LogP contribution in [-0.4, -0.2) is 27.8 Å². The van der Waals surface area contributed by atoms with Crippen molar-refractivity contribution in [2.45, 2.75) is 12.8 Å². The summed E-state index contributed by atoms with van der Waals surface area (Å²) in [6.45, 7) is 0.700. The highest BCUT2D eigenvalue weighted by Crippen LogP contribution is 2.02. The SMILES string of the molecule is C#CCCCNc1ccc(C(=O)O)nn1. The Hall–Kier alpha value is -2.09. The maximum Gasteiger partial charge on any atom is 0.356 e. The van der Waals surface area contributed by atoms with Crippen LogP contribution in [0.1, 0.15) is 23.3 Å². The van der Waals surface area contributed by atoms with Gasteiger partial charge in [0.1, 0.15) is 5.82 Å². The van der Waals surface area contributed by atoms with E-state index in [9.17, 15) is 4.79 Å². The first-order chi connectivity index (χ1) is 7.24. The van der Waals surface area contributed by atoms with Crippen molar-refractivity contribution in [3.05, 3.63) is 17.8 Å². The molecule has 5 heteroatoms. The van der Waals surface area contributed by atoms with Crippen LogP contribution in [0.25, 0.3) is 0 Å². The molecule has 0 aromatic carbocycles. The number of anilines is 1. The van der Waals surface area contributed by atoms with E-state index in [4.69, 9.17) is 11.5 Å². The predicted octanol–water partition coefficient (Wildman–Crippen LogP) is 1.00. The number of hydrogen-bond acceptors (Lipinski definition) is 4. The summed E-state index contributed by atoms with van der Waals surface area (Å²) in [6, 6.07) is 2.98. The maximum atomic E-state index is 10.5. The summed E-state index contributed by atoms with van der Waals surface area (Å²) in [6.07, 6.45) is 6.64. The Kier molecular flexibility index (Phi) is 4.10. The Morgan fingerprint density at radius 3 is 2.87 bits per heavy atom. The summed E-state index contributed by atoms with van der Waals surface area (Å²) in [4.78, 5) is 10.5. The predicted molar refractivity (Wildman–Crippen MR) is 55.5 cm³/mol. The van der Waals surface area contributed by atoms with Gasteiger partial charge in [0.2, 0.25) is 0 Å². The number of aromatic carboxylic acids is 1. The third kappa shape index (κ3) is 3.65. The molecular formula is C10H11N3O2. The van der Waals surface area contributed by atoms with E-state index in [2.05, 4.69) is 21.4 Å². The van der Waals surface area contributed by atoms with Crippen molar-refractivity contribution in [1.29, 1.82) is 0 Å². The second kappa shape index (κ2) is 5.60. The van der Waals surface area contributed by atoms with Crippen LogP contribution in [0.4, 0.5) is 5.82 Å². The Balaban J connectivity index is 2.43. The van der Waals surface area contributed by atoms with Crippen molar-refractivity contribution in [1.82, 2.24) is 10.2 Å². The Morgan fingerprint density at radius 1 is 1.53 bits per heavy atom. The lowest BCUT2D eigenvalue weighted by molar-refractivity contribution is 0.0689. The van der Waals surface area contributed by atoms with Crippen LogP contribution in [0, 0.1) is 12.3 Å². The molecule has 2 N–H and O–H groups in total. The van der Waals surface area contributed by atoms with Gasteiger partial charge in [0.25, 0.3) is 0 Å². The van der Waals surface area contributed by atoms with Crippen LogP contribution in [0.3, 0.4) is 0 Å². The largest absolute Gasteiger partial charge is 0.476 e. The molecule has 1 aromatic rings. The highest BCUT2D eigenvalue weighted by atomic mass is 16.4. The van der Waals surface area contributed by atoms with E-state index in [0.717, 1.165) is 6.42 Å². The molecule has 0 radical (unpaired) electrons. The minimum atomic E-state index is -1.08. The quantitative estimate of drug-likeness (QED) is 0.554. The Labute approximate surface area is 87.5 Å². The molecule has 78 valence electrons. The van der Waals surface area contributed by atoms with Crippen molar-refractivity contribution in [3.63, 3.8) is 0 Å². The van der Waals surface area contributed by atoms with Gasteiger partial charge in [-0.05, 0) is 18.6 Å². The van der Waals surface area contributed by atoms with Gasteiger partial charge in [0.15, 0.2) is 5.69 Å². The number of nitrogens with one attached hydrogen (secondary N) is 1. The van der Waals surface area contributed by atoms with Crippen molar-refractivity contribution in [2.75, 3.05) is 11.9 Å². The van der Waals surface area contributed by atoms with Gasteiger partial charge >= 0.3 is 5.97 Å². The zero-order valence-corrected chi connectivity index (χ0v) is 8.10. The van der Waals surface area contributed by atoms with E-state index in [-0.39, 0.29) is 5.69 Å². The molecule has 15 heavy (non-hydrogen) atoms. The molecule has 0 aliphatic carbocycles. The second-order valence-electron chi connectivity index (χ2n) is 2.84. The molecule has 1 heterocycles. The number of unbranched alkanes of at least 4 members (excludes halogenated alkanes) is 1. The summed E-state index contributed by atoms with van der Waals surface area (Å²) < 4.78 is 0. The van der Waals surface area contributed by atoms with Gasteiger partial charge in [-0.1, -0.05) is 0 Å². The van der Waals surface area contributed by atoms with E-state index in [1.807, 2.05) is 0 Å². The van der Waals surface area contributed by atoms with E-state index >= 15 is 0 Å². The first-order valence-corrected chi connectivity index (χ1v) is 4.48. The Morgan fingerprint density at radius 2 is 2.33 bits per heavy atom. The molecule has 0 saturated carbocycles. The molecule has 1 rings (SSSR count). The molecule has 0 saturated heterocycles. The molecule has 0 fully saturated rings. The van der Waals surface area contributed by atoms with E-state index in [1.165, 1.54) is 6.07 Å². The zero-order chi connectivity index (χ0) is 11.1. The minimum absolute atomic E-state index is 0.0656. The van der Waals surface area contributed by atoms with Gasteiger partial charge in [-0.2, -0.15) is 0 Å². The highest BCUT2D eigenvalue weighted by molar-refractivity contribution is 5.85. The average molecular weight is 205 g/mol. The number of carbonyl (C=O) groups is 1. The molecule has 0 amide bonds. The highest BCUT2D eigenvalue weighted by Gasteiger charge is 2.04. The summed E-state index contributed by atoms with van der Waals surface area (Å²) in [5.74, 6) is 2.00. The summed E-state index contributed by atoms with van der Waals surface area (Å²) in [5, 5.41) is 18.8. The lowest BCUT2D eigenvalue weighted by Crippen LogP contribution is -2.07. The standard InChI is InChI=1S/C10H11N3O2/c1-2-3-4-7-11-9-6-5-8(10(14)15)12-13-9/h1,5-6H,3-4,7H2,(H,11,13)(H,14,15). The second-order valence-corrected chi connectivity index (χ2v) is 2.84. The number of hydrogen-bond donors (Lipinski definition) is 2. The van der Waals surface area contributed by atoms with Crippen molar-refractivity contribution in [3.8, 4) is 12.3 Å². The topological polar surface area (TPSA) is 75.1 Å². The van der Waals surface area contributed by atoms with Gasteiger partial charge in [0.05, 0.1) is 0 Å². The van der Waals surface area contributed by atoms with Crippen LogP contribution in [0.15, 0.2) is 12.1 Å². The van der Waals surface area contributed by atoms with E-state index in [1.54, 1.807) is 6.07 Å². The molecule has 0 aliphatic heterocycles. The van der Waals surface area contributed by atoms with Crippen LogP contribution in [0.2, 0.25) is 0 Å². The van der Waals surface area contributed by atoms with Gasteiger partial charge in [-0.25, -0.2) is 4.79 Å². The number of nitrogens with zero attached hydrogens (tertiary/aromatic N) is 2. The number of rotatable bonds is 5. The normalized spacial score (nSPS) is 9.27. The fourth-order valence-corrected chi connectivity index (χ4v) is 0.948. The Bertz CT molecular complexity index is 367. The molecule has 0 bridgehead atoms. The smallest absolute Gasteiger partial charge is 0.356 e.